The fourth-order valence-electron chi connectivity index (χ4n) is 4.30. The lowest BCUT2D eigenvalue weighted by molar-refractivity contribution is 0.0892. The molecule has 1 saturated heterocycles. The molecule has 0 radical (unpaired) electrons. The lowest BCUT2D eigenvalue weighted by Crippen LogP contribution is -2.54. The first kappa shape index (κ1) is 19.1. The van der Waals surface area contributed by atoms with Crippen molar-refractivity contribution >= 4 is 6.03 Å². The van der Waals surface area contributed by atoms with Crippen molar-refractivity contribution in [2.45, 2.75) is 64.5 Å². The molecular weight excluding hydrogens is 328 g/mol. The van der Waals surface area contributed by atoms with Gasteiger partial charge in [-0.05, 0) is 25.2 Å². The summed E-state index contributed by atoms with van der Waals surface area (Å²) in [5.74, 6) is 1.30. The Morgan fingerprint density at radius 2 is 1.88 bits per heavy atom. The molecule has 1 aromatic rings. The van der Waals surface area contributed by atoms with E-state index in [9.17, 15) is 4.79 Å². The molecule has 1 unspecified atom stereocenters. The number of carbonyl (C=O) groups excluding carboxylic acids is 1. The minimum atomic E-state index is -0.0913. The lowest BCUT2D eigenvalue weighted by atomic mass is 9.94. The van der Waals surface area contributed by atoms with E-state index in [1.807, 2.05) is 11.9 Å². The van der Waals surface area contributed by atoms with Crippen molar-refractivity contribution in [2.75, 3.05) is 26.2 Å². The van der Waals surface area contributed by atoms with Crippen molar-refractivity contribution in [3.05, 3.63) is 12.2 Å². The summed E-state index contributed by atoms with van der Waals surface area (Å²) in [6.07, 6.45) is 9.18. The molecule has 1 atom stereocenters. The molecule has 2 amide bonds. The fourth-order valence-corrected chi connectivity index (χ4v) is 4.30. The number of carbonyl (C=O) groups is 1. The van der Waals surface area contributed by atoms with Gasteiger partial charge in [0.05, 0.1) is 6.04 Å². The van der Waals surface area contributed by atoms with Crippen molar-refractivity contribution in [3.8, 4) is 0 Å². The van der Waals surface area contributed by atoms with Gasteiger partial charge in [-0.3, -0.25) is 9.58 Å². The topological polar surface area (TPSA) is 66.3 Å². The molecule has 0 aromatic carbocycles. The van der Waals surface area contributed by atoms with Gasteiger partial charge in [0.15, 0.2) is 0 Å². The second-order valence-corrected chi connectivity index (χ2v) is 8.19. The van der Waals surface area contributed by atoms with Crippen molar-refractivity contribution < 1.29 is 4.79 Å². The molecule has 1 aromatic heterocycles. The predicted molar refractivity (Wildman–Crippen MR) is 102 cm³/mol. The van der Waals surface area contributed by atoms with Gasteiger partial charge in [0.1, 0.15) is 12.2 Å². The Morgan fingerprint density at radius 1 is 1.19 bits per heavy atom. The quantitative estimate of drug-likeness (QED) is 0.874. The number of hydrogen-bond donors (Lipinski definition) is 1. The SMILES string of the molecule is CC(C)CC(NC(=O)N1CCN(C2CCCCC2)CC1)c1ncnn1C. The van der Waals surface area contributed by atoms with Crippen LogP contribution in [-0.2, 0) is 7.05 Å². The first-order valence-electron chi connectivity index (χ1n) is 10.2. The van der Waals surface area contributed by atoms with Gasteiger partial charge in [-0.15, -0.1) is 0 Å². The molecule has 1 aliphatic heterocycles. The van der Waals surface area contributed by atoms with Gasteiger partial charge in [-0.1, -0.05) is 33.1 Å². The van der Waals surface area contributed by atoms with Crippen LogP contribution >= 0.6 is 0 Å². The van der Waals surface area contributed by atoms with Crippen LogP contribution in [0.4, 0.5) is 4.79 Å². The second-order valence-electron chi connectivity index (χ2n) is 8.19. The molecule has 0 bridgehead atoms. The molecule has 2 aliphatic rings. The monoisotopic (exact) mass is 362 g/mol. The van der Waals surface area contributed by atoms with Crippen LogP contribution in [0.3, 0.4) is 0 Å². The molecule has 7 nitrogen and oxygen atoms in total. The Labute approximate surface area is 157 Å². The van der Waals surface area contributed by atoms with Gasteiger partial charge in [-0.2, -0.15) is 5.10 Å². The molecule has 3 rings (SSSR count). The molecule has 1 aliphatic carbocycles. The van der Waals surface area contributed by atoms with Crippen LogP contribution in [0.2, 0.25) is 0 Å². The summed E-state index contributed by atoms with van der Waals surface area (Å²) in [7, 11) is 1.88. The number of piperazine rings is 1. The third kappa shape index (κ3) is 4.75. The minimum absolute atomic E-state index is 0.0296. The van der Waals surface area contributed by atoms with E-state index in [1.54, 1.807) is 11.0 Å². The highest BCUT2D eigenvalue weighted by Crippen LogP contribution is 2.24. The normalized spacial score (nSPS) is 21.2. The van der Waals surface area contributed by atoms with Crippen molar-refractivity contribution in [1.29, 1.82) is 0 Å². The largest absolute Gasteiger partial charge is 0.328 e. The summed E-state index contributed by atoms with van der Waals surface area (Å²) in [4.78, 5) is 21.7. The van der Waals surface area contributed by atoms with E-state index in [-0.39, 0.29) is 12.1 Å². The molecule has 146 valence electrons. The number of rotatable bonds is 5. The van der Waals surface area contributed by atoms with E-state index in [0.717, 1.165) is 44.5 Å². The first-order chi connectivity index (χ1) is 12.5. The Balaban J connectivity index is 1.54. The van der Waals surface area contributed by atoms with E-state index < -0.39 is 0 Å². The van der Waals surface area contributed by atoms with E-state index >= 15 is 0 Å². The molecule has 1 saturated carbocycles. The number of aryl methyl sites for hydroxylation is 1. The number of nitrogens with one attached hydrogen (secondary N) is 1. The zero-order valence-electron chi connectivity index (χ0n) is 16.5. The van der Waals surface area contributed by atoms with Crippen molar-refractivity contribution in [3.63, 3.8) is 0 Å². The third-order valence-corrected chi connectivity index (χ3v) is 5.76. The van der Waals surface area contributed by atoms with Crippen LogP contribution in [0.15, 0.2) is 6.33 Å². The molecule has 2 heterocycles. The maximum atomic E-state index is 12.8. The summed E-state index contributed by atoms with van der Waals surface area (Å²) < 4.78 is 1.76. The van der Waals surface area contributed by atoms with Crippen LogP contribution in [0, 0.1) is 5.92 Å². The van der Waals surface area contributed by atoms with Crippen LogP contribution < -0.4 is 5.32 Å². The Hall–Kier alpha value is -1.63. The molecule has 7 heteroatoms. The van der Waals surface area contributed by atoms with Crippen LogP contribution in [0.5, 0.6) is 0 Å². The van der Waals surface area contributed by atoms with Gasteiger partial charge in [0, 0.05) is 39.3 Å². The van der Waals surface area contributed by atoms with E-state index in [0.29, 0.717) is 5.92 Å². The smallest absolute Gasteiger partial charge is 0.318 e. The second kappa shape index (κ2) is 8.84. The minimum Gasteiger partial charge on any atom is -0.328 e. The number of urea groups is 1. The van der Waals surface area contributed by atoms with Crippen molar-refractivity contribution in [1.82, 2.24) is 29.9 Å². The average Bonchev–Trinajstić information content (AvgIpc) is 3.07. The highest BCUT2D eigenvalue weighted by atomic mass is 16.2. The fraction of sp³-hybridized carbons (Fsp3) is 0.842. The number of amides is 2. The van der Waals surface area contributed by atoms with Gasteiger partial charge in [-0.25, -0.2) is 9.78 Å². The van der Waals surface area contributed by atoms with E-state index in [4.69, 9.17) is 0 Å². The third-order valence-electron chi connectivity index (χ3n) is 5.76. The summed E-state index contributed by atoms with van der Waals surface area (Å²) in [5.41, 5.74) is 0. The molecular formula is C19H34N6O. The molecule has 26 heavy (non-hydrogen) atoms. The van der Waals surface area contributed by atoms with Crippen LogP contribution in [0.25, 0.3) is 0 Å². The zero-order valence-corrected chi connectivity index (χ0v) is 16.5. The predicted octanol–water partition coefficient (Wildman–Crippen LogP) is 2.56. The Morgan fingerprint density at radius 3 is 2.46 bits per heavy atom. The van der Waals surface area contributed by atoms with Crippen LogP contribution in [-0.4, -0.2) is 62.8 Å². The number of aromatic nitrogens is 3. The molecule has 0 spiro atoms. The van der Waals surface area contributed by atoms with Gasteiger partial charge in [0.2, 0.25) is 0 Å². The average molecular weight is 363 g/mol. The van der Waals surface area contributed by atoms with Crippen LogP contribution in [0.1, 0.15) is 64.2 Å². The van der Waals surface area contributed by atoms with Gasteiger partial charge < -0.3 is 10.2 Å². The summed E-state index contributed by atoms with van der Waals surface area (Å²) >= 11 is 0. The standard InChI is InChI=1S/C19H34N6O/c1-15(2)13-17(18-20-14-21-23(18)3)22-19(26)25-11-9-24(10-12-25)16-7-5-4-6-8-16/h14-17H,4-13H2,1-3H3,(H,22,26). The Bertz CT molecular complexity index is 572. The maximum Gasteiger partial charge on any atom is 0.318 e. The van der Waals surface area contributed by atoms with Gasteiger partial charge >= 0.3 is 6.03 Å². The summed E-state index contributed by atoms with van der Waals surface area (Å²) in [6.45, 7) is 7.95. The number of nitrogens with zero attached hydrogens (tertiary/aromatic N) is 5. The maximum absolute atomic E-state index is 12.8. The van der Waals surface area contributed by atoms with E-state index in [2.05, 4.69) is 34.1 Å². The highest BCUT2D eigenvalue weighted by Gasteiger charge is 2.29. The summed E-state index contributed by atoms with van der Waals surface area (Å²) in [5, 5.41) is 7.36. The van der Waals surface area contributed by atoms with E-state index in [1.165, 1.54) is 32.1 Å². The first-order valence-corrected chi connectivity index (χ1v) is 10.2. The zero-order chi connectivity index (χ0) is 18.5. The summed E-state index contributed by atoms with van der Waals surface area (Å²) in [6, 6.07) is 0.676. The van der Waals surface area contributed by atoms with Gasteiger partial charge in [0.25, 0.3) is 0 Å². The Kier molecular flexibility index (Phi) is 6.51. The molecule has 2 fully saturated rings. The highest BCUT2D eigenvalue weighted by molar-refractivity contribution is 5.74. The lowest BCUT2D eigenvalue weighted by Gasteiger charge is -2.41. The number of hydrogen-bond acceptors (Lipinski definition) is 4. The molecule has 1 N–H and O–H groups in total. The van der Waals surface area contributed by atoms with Crippen molar-refractivity contribution in [2.24, 2.45) is 13.0 Å².